The molecule has 0 bridgehead atoms. The lowest BCUT2D eigenvalue weighted by Gasteiger charge is -2.13. The normalized spacial score (nSPS) is 12.2. The molecular weight excluding hydrogens is 466 g/mol. The van der Waals surface area contributed by atoms with E-state index in [2.05, 4.69) is 31.1 Å². The molecule has 0 spiro atoms. The van der Waals surface area contributed by atoms with Gasteiger partial charge in [0.05, 0.1) is 27.7 Å². The van der Waals surface area contributed by atoms with Gasteiger partial charge < -0.3 is 15.0 Å². The second-order valence-corrected chi connectivity index (χ2v) is 8.66. The average Bonchev–Trinajstić information content (AvgIpc) is 3.16. The van der Waals surface area contributed by atoms with Crippen molar-refractivity contribution in [1.29, 1.82) is 0 Å². The number of aliphatic hydroxyl groups is 1. The zero-order valence-electron chi connectivity index (χ0n) is 16.0. The minimum Gasteiger partial charge on any atom is -0.593 e. The molecule has 0 aliphatic carbocycles. The van der Waals surface area contributed by atoms with Gasteiger partial charge in [-0.25, -0.2) is 4.98 Å². The molecule has 2 aromatic carbocycles. The number of hydrogen-bond acceptors (Lipinski definition) is 6. The molecule has 4 aromatic rings. The highest BCUT2D eigenvalue weighted by atomic mass is 79.9. The molecule has 1 atom stereocenters. The van der Waals surface area contributed by atoms with Crippen LogP contribution in [0.4, 0.5) is 11.5 Å². The van der Waals surface area contributed by atoms with Gasteiger partial charge in [0.1, 0.15) is 5.82 Å². The van der Waals surface area contributed by atoms with Crippen molar-refractivity contribution in [2.75, 3.05) is 18.5 Å². The maximum Gasteiger partial charge on any atom is 0.174 e. The fraction of sp³-hybridized carbons (Fsp3) is 0.143. The molecule has 30 heavy (non-hydrogen) atoms. The molecule has 0 saturated heterocycles. The third-order valence-corrected chi connectivity index (χ3v) is 6.13. The Morgan fingerprint density at radius 2 is 1.87 bits per heavy atom. The predicted octanol–water partition coefficient (Wildman–Crippen LogP) is 3.90. The van der Waals surface area contributed by atoms with Gasteiger partial charge in [0.25, 0.3) is 0 Å². The summed E-state index contributed by atoms with van der Waals surface area (Å²) in [5.41, 5.74) is 3.39. The van der Waals surface area contributed by atoms with Gasteiger partial charge in [-0.05, 0) is 46.6 Å². The van der Waals surface area contributed by atoms with Gasteiger partial charge in [-0.15, -0.1) is 4.72 Å². The number of anilines is 2. The van der Waals surface area contributed by atoms with Gasteiger partial charge in [0.15, 0.2) is 10.5 Å². The van der Waals surface area contributed by atoms with Crippen LogP contribution in [0.3, 0.4) is 0 Å². The van der Waals surface area contributed by atoms with E-state index in [4.69, 9.17) is 10.1 Å². The molecule has 0 saturated carbocycles. The summed E-state index contributed by atoms with van der Waals surface area (Å²) in [4.78, 5) is 5.40. The zero-order chi connectivity index (χ0) is 20.9. The van der Waals surface area contributed by atoms with E-state index in [-0.39, 0.29) is 6.61 Å². The standard InChI is InChI=1S/C21H20BrN5O2S/c22-18-14-23-27-20(13-19(26-21(18)27)15-5-2-1-3-6-15)25-16-7-9-17(10-8-16)30(29)24-11-4-12-28/h1-3,5-10,13-14,24-25,28H,4,11-12H2. The van der Waals surface area contributed by atoms with Crippen LogP contribution < -0.4 is 10.0 Å². The molecule has 0 amide bonds. The van der Waals surface area contributed by atoms with Crippen molar-refractivity contribution >= 4 is 44.4 Å². The van der Waals surface area contributed by atoms with Crippen LogP contribution in [0, 0.1) is 0 Å². The number of benzene rings is 2. The van der Waals surface area contributed by atoms with Gasteiger partial charge in [-0.2, -0.15) is 9.61 Å². The minimum atomic E-state index is -1.31. The van der Waals surface area contributed by atoms with E-state index >= 15 is 0 Å². The van der Waals surface area contributed by atoms with Crippen molar-refractivity contribution in [3.05, 3.63) is 71.3 Å². The van der Waals surface area contributed by atoms with Crippen molar-refractivity contribution < 1.29 is 9.66 Å². The Morgan fingerprint density at radius 3 is 2.60 bits per heavy atom. The van der Waals surface area contributed by atoms with E-state index in [9.17, 15) is 4.55 Å². The van der Waals surface area contributed by atoms with Crippen molar-refractivity contribution in [1.82, 2.24) is 19.3 Å². The van der Waals surface area contributed by atoms with Crippen LogP contribution in [0.5, 0.6) is 0 Å². The summed E-state index contributed by atoms with van der Waals surface area (Å²) in [6.45, 7) is 0.566. The molecule has 1 unspecified atom stereocenters. The van der Waals surface area contributed by atoms with Crippen LogP contribution in [-0.4, -0.2) is 37.4 Å². The summed E-state index contributed by atoms with van der Waals surface area (Å²) in [6.07, 6.45) is 2.28. The number of hydrogen-bond donors (Lipinski definition) is 3. The molecule has 2 aromatic heterocycles. The van der Waals surface area contributed by atoms with Crippen molar-refractivity contribution in [2.45, 2.75) is 11.3 Å². The van der Waals surface area contributed by atoms with E-state index in [1.54, 1.807) is 22.8 Å². The number of aliphatic hydroxyl groups excluding tert-OH is 1. The van der Waals surface area contributed by atoms with E-state index in [1.807, 2.05) is 48.5 Å². The van der Waals surface area contributed by atoms with E-state index in [0.717, 1.165) is 27.2 Å². The molecule has 4 rings (SSSR count). The van der Waals surface area contributed by atoms with Crippen molar-refractivity contribution in [3.8, 4) is 11.3 Å². The van der Waals surface area contributed by atoms with Crippen LogP contribution in [0.15, 0.2) is 76.2 Å². The summed E-state index contributed by atoms with van der Waals surface area (Å²) < 4.78 is 17.7. The van der Waals surface area contributed by atoms with Crippen LogP contribution in [-0.2, 0) is 11.4 Å². The van der Waals surface area contributed by atoms with Crippen molar-refractivity contribution in [3.63, 3.8) is 0 Å². The largest absolute Gasteiger partial charge is 0.593 e. The maximum atomic E-state index is 12.2. The lowest BCUT2D eigenvalue weighted by atomic mass is 10.1. The summed E-state index contributed by atoms with van der Waals surface area (Å²) in [5.74, 6) is 0.763. The molecule has 0 aliphatic rings. The van der Waals surface area contributed by atoms with Gasteiger partial charge in [0.2, 0.25) is 0 Å². The minimum absolute atomic E-state index is 0.0714. The second kappa shape index (κ2) is 9.59. The molecule has 0 radical (unpaired) electrons. The number of nitrogens with one attached hydrogen (secondary N) is 2. The molecule has 2 heterocycles. The van der Waals surface area contributed by atoms with Gasteiger partial charge >= 0.3 is 0 Å². The first-order valence-electron chi connectivity index (χ1n) is 9.38. The third-order valence-electron chi connectivity index (χ3n) is 4.41. The van der Waals surface area contributed by atoms with Crippen molar-refractivity contribution in [2.24, 2.45) is 0 Å². The monoisotopic (exact) mass is 485 g/mol. The quantitative estimate of drug-likeness (QED) is 0.258. The topological polar surface area (TPSA) is 97.5 Å². The maximum absolute atomic E-state index is 12.2. The fourth-order valence-electron chi connectivity index (χ4n) is 2.92. The SMILES string of the molecule is [O-][S+](NCCCO)c1ccc(Nc2cc(-c3ccccc3)nc3c(Br)cnn23)cc1. The number of nitrogens with zero attached hydrogens (tertiary/aromatic N) is 3. The first-order chi connectivity index (χ1) is 14.7. The van der Waals surface area contributed by atoms with E-state index in [1.165, 1.54) is 0 Å². The lowest BCUT2D eigenvalue weighted by Crippen LogP contribution is -2.25. The average molecular weight is 486 g/mol. The molecule has 7 nitrogen and oxygen atoms in total. The Balaban J connectivity index is 1.60. The van der Waals surface area contributed by atoms with Crippen LogP contribution in [0.25, 0.3) is 16.9 Å². The molecule has 0 aliphatic heterocycles. The Kier molecular flexibility index (Phi) is 6.66. The summed E-state index contributed by atoms with van der Waals surface area (Å²) in [7, 11) is 0. The first-order valence-corrected chi connectivity index (χ1v) is 11.3. The summed E-state index contributed by atoms with van der Waals surface area (Å²) >= 11 is 2.20. The number of rotatable bonds is 8. The highest BCUT2D eigenvalue weighted by molar-refractivity contribution is 9.10. The van der Waals surface area contributed by atoms with Gasteiger partial charge in [0, 0.05) is 30.5 Å². The second-order valence-electron chi connectivity index (χ2n) is 6.51. The van der Waals surface area contributed by atoms with Gasteiger partial charge in [-0.3, -0.25) is 0 Å². The number of fused-ring (bicyclic) bond motifs is 1. The Hall–Kier alpha value is -2.43. The number of aromatic nitrogens is 3. The predicted molar refractivity (Wildman–Crippen MR) is 122 cm³/mol. The highest BCUT2D eigenvalue weighted by Gasteiger charge is 2.13. The lowest BCUT2D eigenvalue weighted by molar-refractivity contribution is 0.289. The molecule has 0 fully saturated rings. The van der Waals surface area contributed by atoms with Crippen LogP contribution >= 0.6 is 15.9 Å². The van der Waals surface area contributed by atoms with Gasteiger partial charge in [-0.1, -0.05) is 30.3 Å². The number of halogens is 1. The molecule has 154 valence electrons. The third kappa shape index (κ3) is 4.66. The smallest absolute Gasteiger partial charge is 0.174 e. The van der Waals surface area contributed by atoms with Crippen LogP contribution in [0.2, 0.25) is 0 Å². The summed E-state index contributed by atoms with van der Waals surface area (Å²) in [6, 6.07) is 19.3. The molecule has 3 N–H and O–H groups in total. The Bertz CT molecular complexity index is 1120. The molecule has 9 heteroatoms. The Labute approximate surface area is 185 Å². The Morgan fingerprint density at radius 1 is 1.10 bits per heavy atom. The highest BCUT2D eigenvalue weighted by Crippen LogP contribution is 2.27. The zero-order valence-corrected chi connectivity index (χ0v) is 18.4. The van der Waals surface area contributed by atoms with Crippen LogP contribution in [0.1, 0.15) is 6.42 Å². The van der Waals surface area contributed by atoms with E-state index < -0.39 is 11.4 Å². The fourth-order valence-corrected chi connectivity index (χ4v) is 4.15. The molecular formula is C21H20BrN5O2S. The first kappa shape index (κ1) is 20.8. The summed E-state index contributed by atoms with van der Waals surface area (Å²) in [5, 5.41) is 16.6. The van der Waals surface area contributed by atoms with E-state index in [0.29, 0.717) is 23.5 Å².